The van der Waals surface area contributed by atoms with E-state index in [0.29, 0.717) is 5.56 Å². The number of halogens is 17. The smallest absolute Gasteiger partial charge is 0.460 e. The molecule has 3 rings (SSSR count). The molecule has 21 heteroatoms. The molecule has 1 aromatic heterocycles. The van der Waals surface area contributed by atoms with Gasteiger partial charge in [-0.2, -0.15) is 74.6 Å². The molecule has 3 aromatic rings. The average molecular weight is 725 g/mol. The number of aromatic nitrogens is 1. The van der Waals surface area contributed by atoms with Crippen LogP contribution >= 0.6 is 0 Å². The van der Waals surface area contributed by atoms with E-state index >= 15 is 0 Å². The lowest BCUT2D eigenvalue weighted by Gasteiger charge is -2.42. The van der Waals surface area contributed by atoms with Gasteiger partial charge in [0.2, 0.25) is 5.89 Å². The molecule has 2 aromatic carbocycles. The van der Waals surface area contributed by atoms with E-state index in [0.717, 1.165) is 0 Å². The molecular formula is C27H16F17NO3. The van der Waals surface area contributed by atoms with Crippen LogP contribution in [-0.2, 0) is 4.74 Å². The lowest BCUT2D eigenvalue weighted by Crippen LogP contribution is -2.74. The van der Waals surface area contributed by atoms with Crippen molar-refractivity contribution >= 4 is 5.97 Å². The van der Waals surface area contributed by atoms with Crippen LogP contribution in [0.3, 0.4) is 0 Å². The van der Waals surface area contributed by atoms with E-state index in [1.165, 1.54) is 36.4 Å². The quantitative estimate of drug-likeness (QED) is 0.100. The lowest BCUT2D eigenvalue weighted by molar-refractivity contribution is -0.461. The molecule has 0 aliphatic heterocycles. The number of hydrogen-bond donors (Lipinski definition) is 0. The second-order valence-corrected chi connectivity index (χ2v) is 9.82. The molecule has 0 radical (unpaired) electrons. The molecule has 0 amide bonds. The molecule has 4 nitrogen and oxygen atoms in total. The highest BCUT2D eigenvalue weighted by Crippen LogP contribution is 2.64. The first-order chi connectivity index (χ1) is 21.7. The zero-order chi connectivity index (χ0) is 36.8. The minimum Gasteiger partial charge on any atom is -0.461 e. The van der Waals surface area contributed by atoms with Crippen LogP contribution in [0.4, 0.5) is 74.6 Å². The number of carbonyl (C=O) groups is 1. The Hall–Kier alpha value is -4.07. The van der Waals surface area contributed by atoms with Crippen LogP contribution in [0.5, 0.6) is 0 Å². The number of benzene rings is 2. The molecular weight excluding hydrogens is 709 g/mol. The van der Waals surface area contributed by atoms with Gasteiger partial charge in [-0.1, -0.05) is 48.5 Å². The maximum atomic E-state index is 14.2. The lowest BCUT2D eigenvalue weighted by atomic mass is 9.88. The van der Waals surface area contributed by atoms with Crippen molar-refractivity contribution in [2.75, 3.05) is 6.61 Å². The second-order valence-electron chi connectivity index (χ2n) is 9.82. The monoisotopic (exact) mass is 725 g/mol. The fourth-order valence-corrected chi connectivity index (χ4v) is 3.83. The van der Waals surface area contributed by atoms with Crippen LogP contribution in [-0.4, -0.2) is 65.2 Å². The van der Waals surface area contributed by atoms with Gasteiger partial charge in [-0.15, -0.1) is 0 Å². The van der Waals surface area contributed by atoms with Crippen LogP contribution in [0.1, 0.15) is 23.3 Å². The summed E-state index contributed by atoms with van der Waals surface area (Å²) in [5.41, 5.74) is -0.134. The third-order valence-electron chi connectivity index (χ3n) is 6.53. The number of carbonyl (C=O) groups excluding carboxylic acids is 1. The number of ether oxygens (including phenoxy) is 1. The first-order valence-electron chi connectivity index (χ1n) is 12.7. The van der Waals surface area contributed by atoms with Gasteiger partial charge in [0.15, 0.2) is 11.5 Å². The van der Waals surface area contributed by atoms with E-state index in [2.05, 4.69) is 9.72 Å². The molecule has 0 bridgehead atoms. The Kier molecular flexibility index (Phi) is 9.94. The molecule has 1 heterocycles. The molecule has 0 atom stereocenters. The van der Waals surface area contributed by atoms with E-state index in [1.807, 2.05) is 0 Å². The maximum absolute atomic E-state index is 14.2. The highest BCUT2D eigenvalue weighted by atomic mass is 19.4. The van der Waals surface area contributed by atoms with Gasteiger partial charge in [-0.05, 0) is 18.6 Å². The Balaban J connectivity index is 1.81. The third kappa shape index (κ3) is 6.14. The van der Waals surface area contributed by atoms with E-state index < -0.39 is 78.7 Å². The number of rotatable bonds is 13. The van der Waals surface area contributed by atoms with Crippen molar-refractivity contribution in [3.05, 3.63) is 66.4 Å². The number of oxazole rings is 1. The average Bonchev–Trinajstić information content (AvgIpc) is 3.45. The van der Waals surface area contributed by atoms with Crippen LogP contribution < -0.4 is 0 Å². The Morgan fingerprint density at radius 2 is 1.00 bits per heavy atom. The minimum atomic E-state index is -8.70. The SMILES string of the molecule is O=C(OCCCC(F)(F)C(F)(F)C(F)(F)C(F)(F)C(F)(F)C(F)(F)C(F)(F)C(F)(F)F)c1nc(-c2ccccc2)oc1-c1ccccc1. The largest absolute Gasteiger partial charge is 0.461 e. The van der Waals surface area contributed by atoms with E-state index in [-0.39, 0.29) is 17.2 Å². The van der Waals surface area contributed by atoms with Crippen molar-refractivity contribution in [1.29, 1.82) is 0 Å². The van der Waals surface area contributed by atoms with Gasteiger partial charge in [-0.3, -0.25) is 0 Å². The molecule has 48 heavy (non-hydrogen) atoms. The Bertz CT molecular complexity index is 1570. The van der Waals surface area contributed by atoms with Crippen LogP contribution in [0.25, 0.3) is 22.8 Å². The van der Waals surface area contributed by atoms with Crippen molar-refractivity contribution in [2.45, 2.75) is 60.5 Å². The van der Waals surface area contributed by atoms with Crippen LogP contribution in [0.2, 0.25) is 0 Å². The van der Waals surface area contributed by atoms with Crippen LogP contribution in [0.15, 0.2) is 65.1 Å². The molecule has 0 fully saturated rings. The summed E-state index contributed by atoms with van der Waals surface area (Å²) < 4.78 is 239. The molecule has 0 aliphatic rings. The first kappa shape index (κ1) is 38.4. The minimum absolute atomic E-state index is 0.189. The fourth-order valence-electron chi connectivity index (χ4n) is 3.83. The summed E-state index contributed by atoms with van der Waals surface area (Å²) in [6, 6.07) is 15.0. The molecule has 0 saturated carbocycles. The molecule has 0 spiro atoms. The van der Waals surface area contributed by atoms with Gasteiger partial charge in [0.1, 0.15) is 0 Å². The van der Waals surface area contributed by atoms with Crippen molar-refractivity contribution in [3.63, 3.8) is 0 Å². The Labute approximate surface area is 256 Å². The van der Waals surface area contributed by atoms with E-state index in [1.54, 1.807) is 24.3 Å². The predicted octanol–water partition coefficient (Wildman–Crippen LogP) is 9.95. The number of hydrogen-bond acceptors (Lipinski definition) is 4. The summed E-state index contributed by atoms with van der Waals surface area (Å²) in [6.45, 7) is -1.42. The third-order valence-corrected chi connectivity index (χ3v) is 6.53. The van der Waals surface area contributed by atoms with Crippen molar-refractivity contribution in [1.82, 2.24) is 4.98 Å². The highest BCUT2D eigenvalue weighted by molar-refractivity contribution is 5.94. The molecule has 266 valence electrons. The van der Waals surface area contributed by atoms with E-state index in [9.17, 15) is 79.4 Å². The summed E-state index contributed by atoms with van der Waals surface area (Å²) in [7, 11) is 0. The predicted molar refractivity (Wildman–Crippen MR) is 128 cm³/mol. The summed E-state index contributed by atoms with van der Waals surface area (Å²) >= 11 is 0. The fraction of sp³-hybridized carbons (Fsp3) is 0.407. The Morgan fingerprint density at radius 1 is 0.583 bits per heavy atom. The van der Waals surface area contributed by atoms with Crippen molar-refractivity contribution in [2.24, 2.45) is 0 Å². The summed E-state index contributed by atoms with van der Waals surface area (Å²) in [6.07, 6.45) is -12.2. The van der Waals surface area contributed by atoms with Gasteiger partial charge in [-0.25, -0.2) is 9.78 Å². The van der Waals surface area contributed by atoms with Gasteiger partial charge in [0.25, 0.3) is 0 Å². The number of esters is 1. The topological polar surface area (TPSA) is 52.3 Å². The summed E-state index contributed by atoms with van der Waals surface area (Å²) in [5.74, 6) is -58.9. The molecule has 0 aliphatic carbocycles. The molecule has 0 saturated heterocycles. The zero-order valence-electron chi connectivity index (χ0n) is 23.0. The summed E-state index contributed by atoms with van der Waals surface area (Å²) in [4.78, 5) is 16.6. The summed E-state index contributed by atoms with van der Waals surface area (Å²) in [5, 5.41) is 0. The maximum Gasteiger partial charge on any atom is 0.460 e. The molecule has 0 unspecified atom stereocenters. The van der Waals surface area contributed by atoms with Gasteiger partial charge in [0.05, 0.1) is 6.61 Å². The number of alkyl halides is 17. The standard InChI is InChI=1S/C27H16F17NO3/c28-20(29,21(30,31)22(32,33)23(34,35)24(36,37)25(38,39)26(40,41)27(42,43)44)12-7-13-47-19(46)16-17(14-8-3-1-4-9-14)48-18(45-16)15-10-5-2-6-11-15/h1-6,8-11H,7,12-13H2. The van der Waals surface area contributed by atoms with Crippen molar-refractivity contribution < 1.29 is 88.6 Å². The molecule has 0 N–H and O–H groups in total. The second kappa shape index (κ2) is 12.4. The number of nitrogens with zero attached hydrogens (tertiary/aromatic N) is 1. The van der Waals surface area contributed by atoms with Gasteiger partial charge in [0, 0.05) is 17.5 Å². The van der Waals surface area contributed by atoms with E-state index in [4.69, 9.17) is 4.42 Å². The first-order valence-corrected chi connectivity index (χ1v) is 12.7. The van der Waals surface area contributed by atoms with Gasteiger partial charge < -0.3 is 9.15 Å². The normalized spacial score (nSPS) is 14.3. The van der Waals surface area contributed by atoms with Crippen LogP contribution in [0, 0.1) is 0 Å². The van der Waals surface area contributed by atoms with Gasteiger partial charge >= 0.3 is 53.6 Å². The van der Waals surface area contributed by atoms with Crippen molar-refractivity contribution in [3.8, 4) is 22.8 Å². The zero-order valence-corrected chi connectivity index (χ0v) is 23.0. The Morgan fingerprint density at radius 3 is 1.46 bits per heavy atom. The highest BCUT2D eigenvalue weighted by Gasteiger charge is 2.95.